The van der Waals surface area contributed by atoms with Crippen LogP contribution in [-0.2, 0) is 16.0 Å². The fraction of sp³-hybridized carbons (Fsp3) is 0.333. The van der Waals surface area contributed by atoms with E-state index in [9.17, 15) is 14.4 Å². The van der Waals surface area contributed by atoms with Crippen molar-refractivity contribution >= 4 is 17.7 Å². The summed E-state index contributed by atoms with van der Waals surface area (Å²) < 4.78 is 0. The maximum atomic E-state index is 13.1. The molecule has 0 bridgehead atoms. The summed E-state index contributed by atoms with van der Waals surface area (Å²) in [5.41, 5.74) is 6.74. The zero-order valence-corrected chi connectivity index (χ0v) is 15.6. The third-order valence-corrected chi connectivity index (χ3v) is 5.02. The third-order valence-electron chi connectivity index (χ3n) is 5.02. The lowest BCUT2D eigenvalue weighted by Gasteiger charge is -2.33. The topological polar surface area (TPSA) is 105 Å². The predicted molar refractivity (Wildman–Crippen MR) is 104 cm³/mol. The Hall–Kier alpha value is -3.22. The van der Waals surface area contributed by atoms with Crippen molar-refractivity contribution in [2.24, 2.45) is 11.7 Å². The average molecular weight is 380 g/mol. The van der Waals surface area contributed by atoms with Crippen molar-refractivity contribution < 1.29 is 14.4 Å². The Morgan fingerprint density at radius 1 is 1.11 bits per heavy atom. The number of carbonyl (C=O) groups is 3. The highest BCUT2D eigenvalue weighted by Gasteiger charge is 2.31. The van der Waals surface area contributed by atoms with Crippen molar-refractivity contribution in [2.45, 2.75) is 25.3 Å². The molecule has 1 aromatic carbocycles. The van der Waals surface area contributed by atoms with Crippen LogP contribution in [0.2, 0.25) is 0 Å². The van der Waals surface area contributed by atoms with E-state index < -0.39 is 6.04 Å². The van der Waals surface area contributed by atoms with Crippen molar-refractivity contribution in [3.63, 3.8) is 0 Å². The molecule has 146 valence electrons. The second kappa shape index (κ2) is 9.12. The number of amides is 3. The molecule has 0 saturated carbocycles. The summed E-state index contributed by atoms with van der Waals surface area (Å²) in [6, 6.07) is 12.2. The van der Waals surface area contributed by atoms with Gasteiger partial charge in [-0.25, -0.2) is 0 Å². The molecule has 1 aliphatic rings. The molecule has 3 amide bonds. The Bertz CT molecular complexity index is 818. The first kappa shape index (κ1) is 19.5. The van der Waals surface area contributed by atoms with Crippen LogP contribution in [-0.4, -0.2) is 46.7 Å². The van der Waals surface area contributed by atoms with Crippen LogP contribution in [0.25, 0.3) is 0 Å². The second-order valence-electron chi connectivity index (χ2n) is 6.96. The fourth-order valence-corrected chi connectivity index (χ4v) is 3.39. The van der Waals surface area contributed by atoms with E-state index in [1.165, 1.54) is 6.20 Å². The van der Waals surface area contributed by atoms with Crippen LogP contribution in [0.15, 0.2) is 54.9 Å². The summed E-state index contributed by atoms with van der Waals surface area (Å²) in [7, 11) is 0. The molecular weight excluding hydrogens is 356 g/mol. The van der Waals surface area contributed by atoms with Gasteiger partial charge in [0, 0.05) is 37.8 Å². The Balaban J connectivity index is 1.73. The van der Waals surface area contributed by atoms with Gasteiger partial charge in [0.25, 0.3) is 5.91 Å². The van der Waals surface area contributed by atoms with Crippen LogP contribution in [0.4, 0.5) is 0 Å². The largest absolute Gasteiger partial charge is 0.369 e. The Kier molecular flexibility index (Phi) is 6.37. The molecule has 0 aliphatic carbocycles. The fourth-order valence-electron chi connectivity index (χ4n) is 3.39. The lowest BCUT2D eigenvalue weighted by atomic mass is 9.95. The molecule has 2 heterocycles. The maximum Gasteiger partial charge on any atom is 0.253 e. The smallest absolute Gasteiger partial charge is 0.253 e. The Labute approximate surface area is 163 Å². The molecule has 3 rings (SSSR count). The average Bonchev–Trinajstić information content (AvgIpc) is 2.74. The van der Waals surface area contributed by atoms with Crippen molar-refractivity contribution in [1.29, 1.82) is 0 Å². The van der Waals surface area contributed by atoms with Gasteiger partial charge in [0.15, 0.2) is 0 Å². The highest BCUT2D eigenvalue weighted by molar-refractivity contribution is 5.97. The SMILES string of the molecule is NC(=O)C1CCN(C(=O)C(Cc2ccccc2)NC(=O)c2cccnc2)CC1. The number of piperidine rings is 1. The molecule has 28 heavy (non-hydrogen) atoms. The number of nitrogens with two attached hydrogens (primary N) is 1. The van der Waals surface area contributed by atoms with E-state index in [2.05, 4.69) is 10.3 Å². The quantitative estimate of drug-likeness (QED) is 0.784. The van der Waals surface area contributed by atoms with Gasteiger partial charge < -0.3 is 16.0 Å². The minimum atomic E-state index is -0.694. The minimum absolute atomic E-state index is 0.149. The Morgan fingerprint density at radius 3 is 2.43 bits per heavy atom. The number of carbonyl (C=O) groups excluding carboxylic acids is 3. The molecule has 7 nitrogen and oxygen atoms in total. The van der Waals surface area contributed by atoms with Gasteiger partial charge in [0.05, 0.1) is 5.56 Å². The van der Waals surface area contributed by atoms with E-state index in [0.29, 0.717) is 37.9 Å². The van der Waals surface area contributed by atoms with Gasteiger partial charge in [0.2, 0.25) is 11.8 Å². The standard InChI is InChI=1S/C21H24N4O3/c22-19(26)16-8-11-25(12-9-16)21(28)18(13-15-5-2-1-3-6-15)24-20(27)17-7-4-10-23-14-17/h1-7,10,14,16,18H,8-9,11-13H2,(H2,22,26)(H,24,27). The van der Waals surface area contributed by atoms with E-state index in [1.807, 2.05) is 30.3 Å². The number of primary amides is 1. The number of nitrogens with one attached hydrogen (secondary N) is 1. The molecule has 2 aromatic rings. The molecule has 1 saturated heterocycles. The number of nitrogens with zero attached hydrogens (tertiary/aromatic N) is 2. The van der Waals surface area contributed by atoms with Gasteiger partial charge in [-0.05, 0) is 30.5 Å². The van der Waals surface area contributed by atoms with E-state index >= 15 is 0 Å². The summed E-state index contributed by atoms with van der Waals surface area (Å²) in [5, 5.41) is 2.85. The number of hydrogen-bond donors (Lipinski definition) is 2. The molecule has 0 radical (unpaired) electrons. The van der Waals surface area contributed by atoms with Crippen molar-refractivity contribution in [3.05, 3.63) is 66.0 Å². The van der Waals surface area contributed by atoms with Gasteiger partial charge >= 0.3 is 0 Å². The number of hydrogen-bond acceptors (Lipinski definition) is 4. The highest BCUT2D eigenvalue weighted by atomic mass is 16.2. The predicted octanol–water partition coefficient (Wildman–Crippen LogP) is 1.15. The first-order valence-electron chi connectivity index (χ1n) is 9.37. The molecule has 1 fully saturated rings. The number of rotatable bonds is 6. The first-order valence-corrected chi connectivity index (χ1v) is 9.37. The van der Waals surface area contributed by atoms with Crippen LogP contribution >= 0.6 is 0 Å². The van der Waals surface area contributed by atoms with E-state index in [0.717, 1.165) is 5.56 Å². The summed E-state index contributed by atoms with van der Waals surface area (Å²) in [6.07, 6.45) is 4.55. The first-order chi connectivity index (χ1) is 13.5. The summed E-state index contributed by atoms with van der Waals surface area (Å²) in [4.78, 5) is 42.7. The maximum absolute atomic E-state index is 13.1. The van der Waals surface area contributed by atoms with Crippen molar-refractivity contribution in [3.8, 4) is 0 Å². The van der Waals surface area contributed by atoms with Gasteiger partial charge in [0.1, 0.15) is 6.04 Å². The van der Waals surface area contributed by atoms with Crippen LogP contribution < -0.4 is 11.1 Å². The van der Waals surface area contributed by atoms with Crippen molar-refractivity contribution in [2.75, 3.05) is 13.1 Å². The second-order valence-corrected chi connectivity index (χ2v) is 6.96. The van der Waals surface area contributed by atoms with E-state index in [4.69, 9.17) is 5.73 Å². The van der Waals surface area contributed by atoms with Gasteiger partial charge in [-0.3, -0.25) is 19.4 Å². The molecule has 7 heteroatoms. The van der Waals surface area contributed by atoms with Crippen LogP contribution in [0.5, 0.6) is 0 Å². The zero-order chi connectivity index (χ0) is 19.9. The molecule has 1 aliphatic heterocycles. The minimum Gasteiger partial charge on any atom is -0.369 e. The van der Waals surface area contributed by atoms with Crippen molar-refractivity contribution in [1.82, 2.24) is 15.2 Å². The van der Waals surface area contributed by atoms with Gasteiger partial charge in [-0.2, -0.15) is 0 Å². The van der Waals surface area contributed by atoms with E-state index in [-0.39, 0.29) is 23.6 Å². The third kappa shape index (κ3) is 4.94. The summed E-state index contributed by atoms with van der Waals surface area (Å²) in [5.74, 6) is -1.00. The lowest BCUT2D eigenvalue weighted by Crippen LogP contribution is -2.52. The normalized spacial score (nSPS) is 15.6. The van der Waals surface area contributed by atoms with Gasteiger partial charge in [-0.15, -0.1) is 0 Å². The van der Waals surface area contributed by atoms with Crippen LogP contribution in [0.3, 0.4) is 0 Å². The summed E-state index contributed by atoms with van der Waals surface area (Å²) >= 11 is 0. The van der Waals surface area contributed by atoms with Crippen LogP contribution in [0, 0.1) is 5.92 Å². The number of aromatic nitrogens is 1. The molecule has 1 unspecified atom stereocenters. The Morgan fingerprint density at radius 2 is 1.82 bits per heavy atom. The number of pyridine rings is 1. The van der Waals surface area contributed by atoms with Gasteiger partial charge in [-0.1, -0.05) is 30.3 Å². The molecule has 1 aromatic heterocycles. The molecule has 3 N–H and O–H groups in total. The lowest BCUT2D eigenvalue weighted by molar-refractivity contribution is -0.136. The van der Waals surface area contributed by atoms with Crippen LogP contribution in [0.1, 0.15) is 28.8 Å². The monoisotopic (exact) mass is 380 g/mol. The van der Waals surface area contributed by atoms with E-state index in [1.54, 1.807) is 23.2 Å². The highest BCUT2D eigenvalue weighted by Crippen LogP contribution is 2.18. The molecule has 0 spiro atoms. The summed E-state index contributed by atoms with van der Waals surface area (Å²) in [6.45, 7) is 0.918. The number of likely N-dealkylation sites (tertiary alicyclic amines) is 1. The molecule has 1 atom stereocenters. The zero-order valence-electron chi connectivity index (χ0n) is 15.6. The number of benzene rings is 1. The molecular formula is C21H24N4O3.